The summed E-state index contributed by atoms with van der Waals surface area (Å²) in [4.78, 5) is 8.81. The molecule has 0 aliphatic carbocycles. The highest BCUT2D eigenvalue weighted by atomic mass is 16.5. The van der Waals surface area contributed by atoms with E-state index in [0.29, 0.717) is 18.3 Å². The van der Waals surface area contributed by atoms with Crippen molar-refractivity contribution < 1.29 is 4.52 Å². The van der Waals surface area contributed by atoms with Gasteiger partial charge in [0.1, 0.15) is 0 Å². The van der Waals surface area contributed by atoms with Gasteiger partial charge in [-0.1, -0.05) is 24.6 Å². The number of nitrogens with zero attached hydrogens (tertiary/aromatic N) is 3. The molecule has 0 aliphatic rings. The summed E-state index contributed by atoms with van der Waals surface area (Å²) in [5.74, 6) is 1.37. The van der Waals surface area contributed by atoms with Crippen LogP contribution in [0.25, 0.3) is 22.3 Å². The van der Waals surface area contributed by atoms with Gasteiger partial charge in [-0.25, -0.2) is 0 Å². The van der Waals surface area contributed by atoms with Crippen LogP contribution in [0.4, 0.5) is 0 Å². The lowest BCUT2D eigenvalue weighted by Gasteiger charge is -2.06. The minimum atomic E-state index is 0.137. The van der Waals surface area contributed by atoms with Gasteiger partial charge in [-0.2, -0.15) is 4.98 Å². The zero-order valence-electron chi connectivity index (χ0n) is 12.0. The van der Waals surface area contributed by atoms with Crippen molar-refractivity contribution in [3.8, 4) is 11.4 Å². The minimum Gasteiger partial charge on any atom is -0.339 e. The molecule has 21 heavy (non-hydrogen) atoms. The van der Waals surface area contributed by atoms with Gasteiger partial charge in [0.2, 0.25) is 11.7 Å². The molecule has 0 bridgehead atoms. The predicted molar refractivity (Wildman–Crippen MR) is 81.7 cm³/mol. The molecule has 2 heterocycles. The Kier molecular flexibility index (Phi) is 3.92. The monoisotopic (exact) mass is 282 g/mol. The van der Waals surface area contributed by atoms with E-state index in [0.717, 1.165) is 29.3 Å². The van der Waals surface area contributed by atoms with E-state index in [9.17, 15) is 0 Å². The van der Waals surface area contributed by atoms with Crippen LogP contribution in [0.3, 0.4) is 0 Å². The lowest BCUT2D eigenvalue weighted by atomic mass is 10.0. The maximum absolute atomic E-state index is 5.78. The maximum Gasteiger partial charge on any atom is 0.231 e. The second kappa shape index (κ2) is 6.01. The van der Waals surface area contributed by atoms with E-state index in [1.54, 1.807) is 6.20 Å². The summed E-state index contributed by atoms with van der Waals surface area (Å²) in [5, 5.41) is 5.14. The first-order valence-corrected chi connectivity index (χ1v) is 7.20. The molecule has 1 aromatic carbocycles. The molecule has 1 unspecified atom stereocenters. The van der Waals surface area contributed by atoms with Crippen molar-refractivity contribution >= 4 is 10.9 Å². The molecule has 5 heteroatoms. The molecule has 0 radical (unpaired) electrons. The highest BCUT2D eigenvalue weighted by molar-refractivity contribution is 5.82. The number of fused-ring (bicyclic) bond motifs is 1. The molecule has 0 saturated heterocycles. The summed E-state index contributed by atoms with van der Waals surface area (Å²) >= 11 is 0. The van der Waals surface area contributed by atoms with Crippen LogP contribution < -0.4 is 5.73 Å². The molecule has 3 rings (SSSR count). The Balaban J connectivity index is 1.93. The lowest BCUT2D eigenvalue weighted by molar-refractivity contribution is 0.347. The minimum absolute atomic E-state index is 0.137. The van der Waals surface area contributed by atoms with E-state index in [1.165, 1.54) is 0 Å². The molecule has 0 fully saturated rings. The van der Waals surface area contributed by atoms with Crippen molar-refractivity contribution in [3.63, 3.8) is 0 Å². The van der Waals surface area contributed by atoms with Crippen LogP contribution in [-0.4, -0.2) is 21.7 Å². The Morgan fingerprint density at radius 1 is 1.29 bits per heavy atom. The van der Waals surface area contributed by atoms with E-state index in [1.807, 2.05) is 30.3 Å². The van der Waals surface area contributed by atoms with E-state index in [4.69, 9.17) is 10.3 Å². The quantitative estimate of drug-likeness (QED) is 0.777. The van der Waals surface area contributed by atoms with Crippen LogP contribution in [-0.2, 0) is 0 Å². The van der Waals surface area contributed by atoms with Crippen molar-refractivity contribution in [2.24, 2.45) is 5.73 Å². The van der Waals surface area contributed by atoms with Gasteiger partial charge in [0.05, 0.1) is 11.4 Å². The summed E-state index contributed by atoms with van der Waals surface area (Å²) < 4.78 is 5.38. The van der Waals surface area contributed by atoms with Gasteiger partial charge in [0.15, 0.2) is 0 Å². The fraction of sp³-hybridized carbons (Fsp3) is 0.312. The highest BCUT2D eigenvalue weighted by Gasteiger charge is 2.17. The fourth-order valence-corrected chi connectivity index (χ4v) is 2.42. The van der Waals surface area contributed by atoms with Gasteiger partial charge >= 0.3 is 0 Å². The summed E-state index contributed by atoms with van der Waals surface area (Å²) in [7, 11) is 0. The molecule has 3 aromatic rings. The largest absolute Gasteiger partial charge is 0.339 e. The molecule has 0 saturated carbocycles. The molecule has 2 N–H and O–H groups in total. The van der Waals surface area contributed by atoms with Gasteiger partial charge in [-0.05, 0) is 30.7 Å². The summed E-state index contributed by atoms with van der Waals surface area (Å²) in [6.45, 7) is 2.65. The van der Waals surface area contributed by atoms with Gasteiger partial charge in [-0.15, -0.1) is 0 Å². The van der Waals surface area contributed by atoms with E-state index >= 15 is 0 Å². The van der Waals surface area contributed by atoms with Crippen molar-refractivity contribution in [2.45, 2.75) is 25.7 Å². The first-order chi connectivity index (χ1) is 10.3. The molecule has 0 amide bonds. The Morgan fingerprint density at radius 2 is 2.19 bits per heavy atom. The van der Waals surface area contributed by atoms with Crippen molar-refractivity contribution in [2.75, 3.05) is 6.54 Å². The molecular formula is C16H18N4O. The molecule has 0 aliphatic heterocycles. The van der Waals surface area contributed by atoms with Gasteiger partial charge in [-0.3, -0.25) is 4.98 Å². The third kappa shape index (κ3) is 2.78. The summed E-state index contributed by atoms with van der Waals surface area (Å²) in [5.41, 5.74) is 7.66. The predicted octanol–water partition coefficient (Wildman–Crippen LogP) is 3.13. The van der Waals surface area contributed by atoms with E-state index < -0.39 is 0 Å². The number of hydrogen-bond acceptors (Lipinski definition) is 5. The number of aromatic nitrogens is 3. The van der Waals surface area contributed by atoms with E-state index in [2.05, 4.69) is 22.0 Å². The standard InChI is InChI=1S/C16H18N4O/c1-2-4-13(10-17)16-19-15(20-21-16)12-6-7-14-11(9-12)5-3-8-18-14/h3,5-9,13H,2,4,10,17H2,1H3. The average molecular weight is 282 g/mol. The SMILES string of the molecule is CCCC(CN)c1nc(-c2ccc3ncccc3c2)no1. The summed E-state index contributed by atoms with van der Waals surface area (Å²) in [6, 6.07) is 9.88. The first kappa shape index (κ1) is 13.7. The average Bonchev–Trinajstić information content (AvgIpc) is 3.02. The topological polar surface area (TPSA) is 77.8 Å². The van der Waals surface area contributed by atoms with Gasteiger partial charge < -0.3 is 10.3 Å². The van der Waals surface area contributed by atoms with Crippen molar-refractivity contribution in [3.05, 3.63) is 42.4 Å². The van der Waals surface area contributed by atoms with Crippen molar-refractivity contribution in [1.82, 2.24) is 15.1 Å². The summed E-state index contributed by atoms with van der Waals surface area (Å²) in [6.07, 6.45) is 3.78. The van der Waals surface area contributed by atoms with Gasteiger partial charge in [0, 0.05) is 23.7 Å². The Morgan fingerprint density at radius 3 is 3.00 bits per heavy atom. The van der Waals surface area contributed by atoms with E-state index in [-0.39, 0.29) is 5.92 Å². The smallest absolute Gasteiger partial charge is 0.231 e. The second-order valence-electron chi connectivity index (χ2n) is 5.09. The zero-order valence-corrected chi connectivity index (χ0v) is 12.0. The number of nitrogens with two attached hydrogens (primary N) is 1. The number of hydrogen-bond donors (Lipinski definition) is 1. The zero-order chi connectivity index (χ0) is 14.7. The van der Waals surface area contributed by atoms with Crippen molar-refractivity contribution in [1.29, 1.82) is 0 Å². The molecule has 0 spiro atoms. The number of benzene rings is 1. The third-order valence-corrected chi connectivity index (χ3v) is 3.57. The van der Waals surface area contributed by atoms with Crippen LogP contribution in [0.1, 0.15) is 31.6 Å². The Hall–Kier alpha value is -2.27. The Labute approximate surface area is 123 Å². The molecule has 1 atom stereocenters. The number of rotatable bonds is 5. The molecular weight excluding hydrogens is 264 g/mol. The van der Waals surface area contributed by atoms with Crippen LogP contribution in [0.5, 0.6) is 0 Å². The second-order valence-corrected chi connectivity index (χ2v) is 5.09. The lowest BCUT2D eigenvalue weighted by Crippen LogP contribution is -2.12. The van der Waals surface area contributed by atoms with Crippen LogP contribution in [0, 0.1) is 0 Å². The molecule has 2 aromatic heterocycles. The van der Waals surface area contributed by atoms with Crippen LogP contribution in [0.2, 0.25) is 0 Å². The first-order valence-electron chi connectivity index (χ1n) is 7.20. The Bertz CT molecular complexity index is 738. The van der Waals surface area contributed by atoms with Crippen LogP contribution in [0.15, 0.2) is 41.1 Å². The molecule has 5 nitrogen and oxygen atoms in total. The number of pyridine rings is 1. The van der Waals surface area contributed by atoms with Gasteiger partial charge in [0.25, 0.3) is 0 Å². The highest BCUT2D eigenvalue weighted by Crippen LogP contribution is 2.24. The third-order valence-electron chi connectivity index (χ3n) is 3.57. The fourth-order valence-electron chi connectivity index (χ4n) is 2.42. The van der Waals surface area contributed by atoms with Crippen LogP contribution >= 0.6 is 0 Å². The normalized spacial score (nSPS) is 12.7. The molecule has 108 valence electrons. The maximum atomic E-state index is 5.78.